The molecule has 0 spiro atoms. The third-order valence-electron chi connectivity index (χ3n) is 3.31. The predicted molar refractivity (Wildman–Crippen MR) is 70.9 cm³/mol. The molecule has 1 saturated heterocycles. The molecule has 0 amide bonds. The number of ketones is 1. The van der Waals surface area contributed by atoms with E-state index in [1.165, 1.54) is 0 Å². The van der Waals surface area contributed by atoms with Gasteiger partial charge in [-0.1, -0.05) is 30.3 Å². The van der Waals surface area contributed by atoms with E-state index in [9.17, 15) is 18.0 Å². The second-order valence-electron chi connectivity index (χ2n) is 4.81. The van der Waals surface area contributed by atoms with Crippen molar-refractivity contribution in [3.05, 3.63) is 42.0 Å². The number of carbonyl (C=O) groups is 1. The number of likely N-dealkylation sites (tertiary alicyclic amines) is 1. The highest BCUT2D eigenvalue weighted by molar-refractivity contribution is 6.00. The Bertz CT molecular complexity index is 488. The van der Waals surface area contributed by atoms with Crippen LogP contribution in [0, 0.1) is 0 Å². The highest BCUT2D eigenvalue weighted by Gasteiger charge is 2.37. The molecular weight excluding hydrogens is 267 g/mol. The Balaban J connectivity index is 2.34. The molecule has 0 N–H and O–H groups in total. The third-order valence-corrected chi connectivity index (χ3v) is 3.31. The predicted octanol–water partition coefficient (Wildman–Crippen LogP) is 3.64. The number of hydrogen-bond donors (Lipinski definition) is 0. The van der Waals surface area contributed by atoms with Crippen molar-refractivity contribution in [2.45, 2.75) is 25.4 Å². The summed E-state index contributed by atoms with van der Waals surface area (Å²) < 4.78 is 37.4. The Morgan fingerprint density at radius 1 is 1.05 bits per heavy atom. The lowest BCUT2D eigenvalue weighted by Gasteiger charge is -2.31. The fourth-order valence-corrected chi connectivity index (χ4v) is 2.31. The first-order valence-corrected chi connectivity index (χ1v) is 6.62. The number of allylic oxidation sites excluding steroid dienone is 1. The Morgan fingerprint density at radius 2 is 1.65 bits per heavy atom. The van der Waals surface area contributed by atoms with Crippen LogP contribution in [0.1, 0.15) is 24.8 Å². The van der Waals surface area contributed by atoms with Crippen molar-refractivity contribution in [1.82, 2.24) is 4.90 Å². The van der Waals surface area contributed by atoms with Gasteiger partial charge in [0.1, 0.15) is 0 Å². The van der Waals surface area contributed by atoms with Crippen LogP contribution in [0.3, 0.4) is 0 Å². The highest BCUT2D eigenvalue weighted by atomic mass is 19.4. The maximum Gasteiger partial charge on any atom is 0.454 e. The second-order valence-corrected chi connectivity index (χ2v) is 4.81. The van der Waals surface area contributed by atoms with Gasteiger partial charge in [-0.2, -0.15) is 13.2 Å². The molecule has 0 unspecified atom stereocenters. The lowest BCUT2D eigenvalue weighted by Crippen LogP contribution is -2.30. The van der Waals surface area contributed by atoms with Crippen LogP contribution in [0.5, 0.6) is 0 Å². The van der Waals surface area contributed by atoms with E-state index in [2.05, 4.69) is 0 Å². The summed E-state index contributed by atoms with van der Waals surface area (Å²) in [6.07, 6.45) is -1.16. The van der Waals surface area contributed by atoms with E-state index in [0.29, 0.717) is 24.4 Å². The van der Waals surface area contributed by atoms with Crippen LogP contribution in [0.4, 0.5) is 13.2 Å². The Kier molecular flexibility index (Phi) is 4.47. The molecule has 1 heterocycles. The van der Waals surface area contributed by atoms with E-state index in [1.54, 1.807) is 30.3 Å². The van der Waals surface area contributed by atoms with Gasteiger partial charge >= 0.3 is 6.18 Å². The van der Waals surface area contributed by atoms with Gasteiger partial charge < -0.3 is 4.90 Å². The van der Waals surface area contributed by atoms with E-state index in [-0.39, 0.29) is 0 Å². The summed E-state index contributed by atoms with van der Waals surface area (Å²) in [7, 11) is 0. The molecule has 1 aliphatic heterocycles. The van der Waals surface area contributed by atoms with Gasteiger partial charge in [0.05, 0.1) is 0 Å². The number of alkyl halides is 3. The Labute approximate surface area is 115 Å². The summed E-state index contributed by atoms with van der Waals surface area (Å²) >= 11 is 0. The molecule has 0 atom stereocenters. The smallest absolute Gasteiger partial charge is 0.371 e. The van der Waals surface area contributed by atoms with Crippen molar-refractivity contribution in [2.75, 3.05) is 13.1 Å². The van der Waals surface area contributed by atoms with Crippen LogP contribution < -0.4 is 0 Å². The molecule has 0 saturated carbocycles. The van der Waals surface area contributed by atoms with Crippen molar-refractivity contribution in [2.24, 2.45) is 0 Å². The Hall–Kier alpha value is -1.78. The molecule has 1 aliphatic rings. The van der Waals surface area contributed by atoms with Gasteiger partial charge in [0.15, 0.2) is 0 Å². The van der Waals surface area contributed by atoms with Crippen molar-refractivity contribution in [3.63, 3.8) is 0 Å². The van der Waals surface area contributed by atoms with Crippen LogP contribution in [0.15, 0.2) is 36.4 Å². The zero-order chi connectivity index (χ0) is 14.6. The topological polar surface area (TPSA) is 20.3 Å². The van der Waals surface area contributed by atoms with Crippen LogP contribution in [-0.2, 0) is 4.79 Å². The van der Waals surface area contributed by atoms with Crippen molar-refractivity contribution >= 4 is 11.5 Å². The van der Waals surface area contributed by atoms with E-state index < -0.39 is 12.0 Å². The van der Waals surface area contributed by atoms with Gasteiger partial charge in [-0.3, -0.25) is 4.79 Å². The summed E-state index contributed by atoms with van der Waals surface area (Å²) in [5.41, 5.74) is 1.01. The summed E-state index contributed by atoms with van der Waals surface area (Å²) in [6, 6.07) is 8.76. The van der Waals surface area contributed by atoms with Crippen molar-refractivity contribution < 1.29 is 18.0 Å². The van der Waals surface area contributed by atoms with Gasteiger partial charge in [0.25, 0.3) is 5.78 Å². The minimum absolute atomic E-state index is 0.368. The van der Waals surface area contributed by atoms with Crippen LogP contribution in [0.2, 0.25) is 0 Å². The fraction of sp³-hybridized carbons (Fsp3) is 0.400. The van der Waals surface area contributed by atoms with Crippen molar-refractivity contribution in [1.29, 1.82) is 0 Å². The number of carbonyl (C=O) groups excluding carboxylic acids is 1. The van der Waals surface area contributed by atoms with Crippen LogP contribution in [0.25, 0.3) is 5.70 Å². The quantitative estimate of drug-likeness (QED) is 0.789. The monoisotopic (exact) mass is 283 g/mol. The molecule has 20 heavy (non-hydrogen) atoms. The first kappa shape index (κ1) is 14.6. The fourth-order valence-electron chi connectivity index (χ4n) is 2.31. The largest absolute Gasteiger partial charge is 0.454 e. The van der Waals surface area contributed by atoms with Crippen LogP contribution in [-0.4, -0.2) is 29.9 Å². The van der Waals surface area contributed by atoms with Gasteiger partial charge in [-0.25, -0.2) is 0 Å². The lowest BCUT2D eigenvalue weighted by atomic mass is 10.0. The molecule has 0 aliphatic carbocycles. The lowest BCUT2D eigenvalue weighted by molar-refractivity contribution is -0.165. The van der Waals surface area contributed by atoms with E-state index in [4.69, 9.17) is 0 Å². The molecule has 1 aromatic carbocycles. The van der Waals surface area contributed by atoms with Gasteiger partial charge in [-0.05, 0) is 24.8 Å². The summed E-state index contributed by atoms with van der Waals surface area (Å²) in [4.78, 5) is 13.1. The summed E-state index contributed by atoms with van der Waals surface area (Å²) in [6.45, 7) is 1.37. The van der Waals surface area contributed by atoms with Gasteiger partial charge in [0.2, 0.25) is 0 Å². The van der Waals surface area contributed by atoms with E-state index >= 15 is 0 Å². The third kappa shape index (κ3) is 3.62. The average Bonchev–Trinajstić information content (AvgIpc) is 2.45. The molecule has 2 rings (SSSR count). The van der Waals surface area contributed by atoms with Crippen molar-refractivity contribution in [3.8, 4) is 0 Å². The average molecular weight is 283 g/mol. The zero-order valence-electron chi connectivity index (χ0n) is 11.0. The maximum absolute atomic E-state index is 12.5. The summed E-state index contributed by atoms with van der Waals surface area (Å²) in [5, 5.41) is 0. The molecule has 1 aromatic rings. The molecular formula is C15H16F3NO. The number of benzene rings is 1. The van der Waals surface area contributed by atoms with Gasteiger partial charge in [-0.15, -0.1) is 0 Å². The molecule has 0 radical (unpaired) electrons. The molecule has 108 valence electrons. The number of hydrogen-bond acceptors (Lipinski definition) is 2. The Morgan fingerprint density at radius 3 is 2.20 bits per heavy atom. The van der Waals surface area contributed by atoms with Gasteiger partial charge in [0, 0.05) is 24.9 Å². The van der Waals surface area contributed by atoms with Crippen LogP contribution >= 0.6 is 0 Å². The number of nitrogens with zero attached hydrogens (tertiary/aromatic N) is 1. The highest BCUT2D eigenvalue weighted by Crippen LogP contribution is 2.26. The molecule has 0 aromatic heterocycles. The normalized spacial score (nSPS) is 17.1. The second kappa shape index (κ2) is 6.11. The first-order chi connectivity index (χ1) is 9.48. The number of rotatable bonds is 3. The number of halogens is 3. The SMILES string of the molecule is O=C(/C=C(\c1ccccc1)N1CCCCC1)C(F)(F)F. The molecule has 1 fully saturated rings. The zero-order valence-corrected chi connectivity index (χ0v) is 11.0. The van der Waals surface area contributed by atoms with E-state index in [1.807, 2.05) is 4.90 Å². The van der Waals surface area contributed by atoms with E-state index in [0.717, 1.165) is 25.3 Å². The molecule has 5 heteroatoms. The first-order valence-electron chi connectivity index (χ1n) is 6.62. The number of piperidine rings is 1. The molecule has 0 bridgehead atoms. The standard InChI is InChI=1S/C15H16F3NO/c16-15(17,18)14(20)11-13(12-7-3-1-4-8-12)19-9-5-2-6-10-19/h1,3-4,7-8,11H,2,5-6,9-10H2/b13-11+. The summed E-state index contributed by atoms with van der Waals surface area (Å²) in [5.74, 6) is -1.80. The minimum atomic E-state index is -4.82. The maximum atomic E-state index is 12.5. The molecule has 2 nitrogen and oxygen atoms in total. The minimum Gasteiger partial charge on any atom is -0.371 e.